The fourth-order valence-corrected chi connectivity index (χ4v) is 12.0. The molecular weight excluding hydrogens is 695 g/mol. The highest BCUT2D eigenvalue weighted by atomic mass is 16.5. The van der Waals surface area contributed by atoms with Gasteiger partial charge in [0.1, 0.15) is 12.2 Å². The van der Waals surface area contributed by atoms with E-state index in [2.05, 4.69) is 32.8 Å². The highest BCUT2D eigenvalue weighted by molar-refractivity contribution is 5.70. The van der Waals surface area contributed by atoms with E-state index < -0.39 is 5.60 Å². The van der Waals surface area contributed by atoms with Gasteiger partial charge in [0, 0.05) is 12.8 Å². The second-order valence-corrected chi connectivity index (χ2v) is 20.2. The zero-order valence-electron chi connectivity index (χ0n) is 37.4. The monoisotopic (exact) mass is 786 g/mol. The van der Waals surface area contributed by atoms with Crippen LogP contribution in [0.1, 0.15) is 232 Å². The van der Waals surface area contributed by atoms with Gasteiger partial charge in [-0.1, -0.05) is 117 Å². The van der Waals surface area contributed by atoms with Crippen molar-refractivity contribution >= 4 is 11.9 Å². The van der Waals surface area contributed by atoms with Crippen molar-refractivity contribution in [2.24, 2.45) is 35.5 Å². The van der Waals surface area contributed by atoms with Gasteiger partial charge in [0.15, 0.2) is 0 Å². The van der Waals surface area contributed by atoms with Crippen LogP contribution in [-0.4, -0.2) is 60.4 Å². The van der Waals surface area contributed by atoms with Crippen LogP contribution in [0.4, 0.5) is 0 Å². The lowest BCUT2D eigenvalue weighted by Gasteiger charge is -2.29. The minimum absolute atomic E-state index is 0.0233. The molecule has 0 aliphatic heterocycles. The summed E-state index contributed by atoms with van der Waals surface area (Å²) >= 11 is 0. The summed E-state index contributed by atoms with van der Waals surface area (Å²) in [5, 5.41) is 11.9. The quantitative estimate of drug-likeness (QED) is 0.0577. The van der Waals surface area contributed by atoms with Crippen LogP contribution in [0, 0.1) is 35.5 Å². The summed E-state index contributed by atoms with van der Waals surface area (Å²) < 4.78 is 12.6. The first-order valence-electron chi connectivity index (χ1n) is 24.9. The first kappa shape index (κ1) is 47.5. The molecule has 0 aromatic rings. The van der Waals surface area contributed by atoms with Gasteiger partial charge in [-0.2, -0.15) is 0 Å². The van der Waals surface area contributed by atoms with E-state index >= 15 is 0 Å². The molecule has 0 spiro atoms. The molecule has 1 N–H and O–H groups in total. The fourth-order valence-electron chi connectivity index (χ4n) is 12.0. The molecule has 5 unspecified atom stereocenters. The van der Waals surface area contributed by atoms with E-state index in [1.807, 2.05) is 0 Å². The Labute approximate surface area is 346 Å². The maximum Gasteiger partial charge on any atom is 0.306 e. The maximum atomic E-state index is 13.6. The highest BCUT2D eigenvalue weighted by Crippen LogP contribution is 2.49. The van der Waals surface area contributed by atoms with Crippen molar-refractivity contribution in [2.75, 3.05) is 20.6 Å². The summed E-state index contributed by atoms with van der Waals surface area (Å²) in [6.45, 7) is 5.41. The Balaban J connectivity index is 1.25. The van der Waals surface area contributed by atoms with E-state index in [4.69, 9.17) is 9.47 Å². The van der Waals surface area contributed by atoms with Crippen LogP contribution in [0.5, 0.6) is 0 Å². The summed E-state index contributed by atoms with van der Waals surface area (Å²) in [6.07, 6.45) is 37.8. The maximum absolute atomic E-state index is 13.6. The van der Waals surface area contributed by atoms with Gasteiger partial charge >= 0.3 is 11.9 Å². The van der Waals surface area contributed by atoms with Crippen LogP contribution in [0.15, 0.2) is 0 Å². The summed E-state index contributed by atoms with van der Waals surface area (Å²) in [5.74, 6) is 4.90. The van der Waals surface area contributed by atoms with Gasteiger partial charge in [0.25, 0.3) is 0 Å². The molecule has 0 heterocycles. The van der Waals surface area contributed by atoms with E-state index in [-0.39, 0.29) is 24.1 Å². The summed E-state index contributed by atoms with van der Waals surface area (Å²) in [7, 11) is 4.15. The van der Waals surface area contributed by atoms with E-state index in [1.54, 1.807) is 0 Å². The van der Waals surface area contributed by atoms with Crippen molar-refractivity contribution in [3.63, 3.8) is 0 Å². The van der Waals surface area contributed by atoms with Gasteiger partial charge < -0.3 is 19.5 Å². The third-order valence-corrected chi connectivity index (χ3v) is 15.0. The van der Waals surface area contributed by atoms with Crippen LogP contribution in [0.3, 0.4) is 0 Å². The van der Waals surface area contributed by atoms with Gasteiger partial charge in [-0.25, -0.2) is 0 Å². The van der Waals surface area contributed by atoms with Crippen molar-refractivity contribution in [1.29, 1.82) is 0 Å². The first-order valence-corrected chi connectivity index (χ1v) is 24.9. The number of hydrogen-bond acceptors (Lipinski definition) is 6. The number of rotatable bonds is 30. The molecule has 0 saturated heterocycles. The van der Waals surface area contributed by atoms with E-state index in [9.17, 15) is 14.7 Å². The molecule has 0 bridgehead atoms. The molecular formula is C50H91NO5. The molecule has 4 fully saturated rings. The molecule has 6 heteroatoms. The van der Waals surface area contributed by atoms with Gasteiger partial charge in [0.05, 0.1) is 5.60 Å². The Kier molecular flexibility index (Phi) is 22.8. The lowest BCUT2D eigenvalue weighted by atomic mass is 9.82. The molecule has 0 radical (unpaired) electrons. The Morgan fingerprint density at radius 1 is 0.571 bits per heavy atom. The highest BCUT2D eigenvalue weighted by Gasteiger charge is 2.40. The predicted octanol–water partition coefficient (Wildman–Crippen LogP) is 13.2. The van der Waals surface area contributed by atoms with Crippen LogP contribution >= 0.6 is 0 Å². The lowest BCUT2D eigenvalue weighted by molar-refractivity contribution is -0.151. The van der Waals surface area contributed by atoms with Gasteiger partial charge in [-0.3, -0.25) is 9.59 Å². The number of esters is 2. The topological polar surface area (TPSA) is 76.1 Å². The van der Waals surface area contributed by atoms with Crippen molar-refractivity contribution in [1.82, 2.24) is 4.90 Å². The predicted molar refractivity (Wildman–Crippen MR) is 233 cm³/mol. The number of carbonyl (C=O) groups is 2. The van der Waals surface area contributed by atoms with Crippen LogP contribution in [-0.2, 0) is 19.1 Å². The zero-order valence-corrected chi connectivity index (χ0v) is 37.4. The molecule has 56 heavy (non-hydrogen) atoms. The first-order chi connectivity index (χ1) is 27.2. The standard InChI is InChI=1S/C50H91NO5/c1-5-7-9-11-13-26-46(27-14-12-10-8-6-2)55-48(52)28-19-30-50(54,32-21-33-51(3)4)31-20-29-49(53)56-47(38-40-34-42-22-15-16-23-43(42)35-40)39-41-36-44-24-17-18-25-45(44)37-41/h40-47,54H,5-39H2,1-4H3. The number of ether oxygens (including phenoxy) is 2. The second kappa shape index (κ2) is 26.9. The fraction of sp³-hybridized carbons (Fsp3) is 0.960. The summed E-state index contributed by atoms with van der Waals surface area (Å²) in [6, 6.07) is 0. The van der Waals surface area contributed by atoms with Crippen molar-refractivity contribution in [3.8, 4) is 0 Å². The van der Waals surface area contributed by atoms with Crippen molar-refractivity contribution < 1.29 is 24.2 Å². The Bertz CT molecular complexity index is 988. The number of nitrogens with zero attached hydrogens (tertiary/aromatic N) is 1. The summed E-state index contributed by atoms with van der Waals surface area (Å²) in [5.41, 5.74) is -0.881. The normalized spacial score (nSPS) is 26.6. The average Bonchev–Trinajstić information content (AvgIpc) is 3.77. The van der Waals surface area contributed by atoms with E-state index in [1.165, 1.54) is 128 Å². The minimum Gasteiger partial charge on any atom is -0.462 e. The van der Waals surface area contributed by atoms with Crippen molar-refractivity contribution in [3.05, 3.63) is 0 Å². The molecule has 4 saturated carbocycles. The number of fused-ring (bicyclic) bond motifs is 2. The Hall–Kier alpha value is -1.14. The largest absolute Gasteiger partial charge is 0.462 e. The molecule has 5 atom stereocenters. The SMILES string of the molecule is CCCCCCCC(CCCCCCC)OC(=O)CCCC(O)(CCCC(=O)OC(CC1CC2CCCCC2C1)CC1CC2CCCCC2C1)CCCN(C)C. The van der Waals surface area contributed by atoms with E-state index in [0.717, 1.165) is 75.2 Å². The smallest absolute Gasteiger partial charge is 0.306 e. The molecule has 326 valence electrons. The number of hydrogen-bond donors (Lipinski definition) is 1. The number of unbranched alkanes of at least 4 members (excludes halogenated alkanes) is 8. The average molecular weight is 786 g/mol. The van der Waals surface area contributed by atoms with Crippen LogP contribution in [0.2, 0.25) is 0 Å². The second-order valence-electron chi connectivity index (χ2n) is 20.2. The molecule has 4 aliphatic rings. The van der Waals surface area contributed by atoms with Gasteiger partial charge in [-0.05, 0) is 159 Å². The molecule has 0 amide bonds. The third-order valence-electron chi connectivity index (χ3n) is 15.0. The van der Waals surface area contributed by atoms with E-state index in [0.29, 0.717) is 56.8 Å². The minimum atomic E-state index is -0.881. The third kappa shape index (κ3) is 18.4. The molecule has 6 nitrogen and oxygen atoms in total. The number of carbonyl (C=O) groups excluding carboxylic acids is 2. The Morgan fingerprint density at radius 2 is 0.964 bits per heavy atom. The summed E-state index contributed by atoms with van der Waals surface area (Å²) in [4.78, 5) is 28.9. The van der Waals surface area contributed by atoms with Crippen LogP contribution < -0.4 is 0 Å². The van der Waals surface area contributed by atoms with Gasteiger partial charge in [-0.15, -0.1) is 0 Å². The van der Waals surface area contributed by atoms with Crippen molar-refractivity contribution in [2.45, 2.75) is 250 Å². The molecule has 4 aliphatic carbocycles. The molecule has 0 aromatic heterocycles. The zero-order chi connectivity index (χ0) is 40.0. The van der Waals surface area contributed by atoms with Crippen LogP contribution in [0.25, 0.3) is 0 Å². The molecule has 4 rings (SSSR count). The van der Waals surface area contributed by atoms with Gasteiger partial charge in [0.2, 0.25) is 0 Å². The lowest BCUT2D eigenvalue weighted by Crippen LogP contribution is -2.31. The Morgan fingerprint density at radius 3 is 1.38 bits per heavy atom. The molecule has 0 aromatic carbocycles. The number of aliphatic hydroxyl groups is 1.